The zero-order chi connectivity index (χ0) is 17.0. The molecule has 0 radical (unpaired) electrons. The molecule has 122 valence electrons. The van der Waals surface area contributed by atoms with E-state index in [4.69, 9.17) is 5.53 Å². The van der Waals surface area contributed by atoms with E-state index in [9.17, 15) is 4.79 Å². The molecule has 0 saturated heterocycles. The smallest absolute Gasteiger partial charge is 0.324 e. The van der Waals surface area contributed by atoms with Crippen LogP contribution in [-0.4, -0.2) is 27.8 Å². The van der Waals surface area contributed by atoms with Gasteiger partial charge in [0.15, 0.2) is 0 Å². The zero-order valence-corrected chi connectivity index (χ0v) is 15.2. The van der Waals surface area contributed by atoms with Crippen LogP contribution >= 0.6 is 11.8 Å². The third-order valence-corrected chi connectivity index (χ3v) is 4.40. The maximum absolute atomic E-state index is 11.5. The molecule has 0 aromatic heterocycles. The van der Waals surface area contributed by atoms with Gasteiger partial charge in [-0.25, -0.2) is 0 Å². The summed E-state index contributed by atoms with van der Waals surface area (Å²) in [4.78, 5) is 14.2. The van der Waals surface area contributed by atoms with Gasteiger partial charge in [0.25, 0.3) is 0 Å². The molecule has 0 aromatic rings. The number of Topliss-reactive ketones (excluding diaryl/α,β-unsaturated/α-hetero) is 1. The van der Waals surface area contributed by atoms with Crippen LogP contribution in [0.3, 0.4) is 0 Å². The second-order valence-electron chi connectivity index (χ2n) is 5.73. The van der Waals surface area contributed by atoms with Gasteiger partial charge in [0, 0.05) is 5.25 Å². The summed E-state index contributed by atoms with van der Waals surface area (Å²) in [5.74, 6) is 0.176. The lowest BCUT2D eigenvalue weighted by atomic mass is 10.1. The van der Waals surface area contributed by atoms with Crippen LogP contribution in [0.15, 0.2) is 34.9 Å². The van der Waals surface area contributed by atoms with Crippen molar-refractivity contribution < 1.29 is 9.58 Å². The topological polar surface area (TPSA) is 53.5 Å². The zero-order valence-electron chi connectivity index (χ0n) is 14.4. The van der Waals surface area contributed by atoms with Gasteiger partial charge in [-0.2, -0.15) is 4.79 Å². The van der Waals surface area contributed by atoms with Crippen molar-refractivity contribution >= 4 is 23.8 Å². The highest BCUT2D eigenvalue weighted by Crippen LogP contribution is 2.23. The van der Waals surface area contributed by atoms with E-state index in [2.05, 4.69) is 50.7 Å². The quantitative estimate of drug-likeness (QED) is 0.246. The van der Waals surface area contributed by atoms with Crippen molar-refractivity contribution in [3.63, 3.8) is 0 Å². The summed E-state index contributed by atoms with van der Waals surface area (Å²) in [5, 5.41) is 0.277. The Morgan fingerprint density at radius 3 is 2.45 bits per heavy atom. The van der Waals surface area contributed by atoms with Crippen molar-refractivity contribution in [3.8, 4) is 0 Å². The molecule has 0 aromatic carbocycles. The molecular formula is C18H28N2OS. The van der Waals surface area contributed by atoms with Crippen molar-refractivity contribution in [2.45, 2.75) is 59.1 Å². The predicted octanol–water partition coefficient (Wildman–Crippen LogP) is 5.01. The van der Waals surface area contributed by atoms with Crippen LogP contribution in [0, 0.1) is 0 Å². The molecule has 0 heterocycles. The van der Waals surface area contributed by atoms with Crippen LogP contribution in [0.25, 0.3) is 5.53 Å². The predicted molar refractivity (Wildman–Crippen MR) is 97.4 cm³/mol. The van der Waals surface area contributed by atoms with E-state index >= 15 is 0 Å². The Labute approximate surface area is 139 Å². The van der Waals surface area contributed by atoms with E-state index in [1.165, 1.54) is 16.7 Å². The van der Waals surface area contributed by atoms with Crippen LogP contribution in [-0.2, 0) is 4.79 Å². The van der Waals surface area contributed by atoms with Crippen LogP contribution in [0.1, 0.15) is 53.9 Å². The first-order valence-corrected chi connectivity index (χ1v) is 8.68. The summed E-state index contributed by atoms with van der Waals surface area (Å²) in [6.45, 7) is 10.5. The molecule has 3 nitrogen and oxygen atoms in total. The van der Waals surface area contributed by atoms with Gasteiger partial charge in [-0.1, -0.05) is 34.9 Å². The van der Waals surface area contributed by atoms with Crippen LogP contribution in [0.2, 0.25) is 0 Å². The van der Waals surface area contributed by atoms with E-state index in [1.807, 2.05) is 6.92 Å². The fraction of sp³-hybridized carbons (Fsp3) is 0.556. The number of carbonyl (C=O) groups excluding carboxylic acids is 1. The number of hydrogen-bond donors (Lipinski definition) is 0. The lowest BCUT2D eigenvalue weighted by molar-refractivity contribution is -0.113. The molecule has 0 aliphatic rings. The van der Waals surface area contributed by atoms with Crippen molar-refractivity contribution in [1.82, 2.24) is 0 Å². The second-order valence-corrected chi connectivity index (χ2v) is 6.96. The third kappa shape index (κ3) is 11.3. The molecule has 0 N–H and O–H groups in total. The maximum atomic E-state index is 11.5. The minimum atomic E-state index is -0.161. The largest absolute Gasteiger partial charge is 0.361 e. The first-order valence-electron chi connectivity index (χ1n) is 7.63. The van der Waals surface area contributed by atoms with E-state index in [0.717, 1.165) is 25.5 Å². The number of ketones is 1. The molecule has 0 rings (SSSR count). The first kappa shape index (κ1) is 20.6. The Bertz CT molecular complexity index is 493. The molecule has 0 amide bonds. The summed E-state index contributed by atoms with van der Waals surface area (Å²) >= 11 is 1.60. The van der Waals surface area contributed by atoms with Gasteiger partial charge >= 0.3 is 6.21 Å². The summed E-state index contributed by atoms with van der Waals surface area (Å²) in [6, 6.07) is 0. The number of rotatable bonds is 10. The van der Waals surface area contributed by atoms with Gasteiger partial charge < -0.3 is 5.53 Å². The average molecular weight is 321 g/mol. The summed E-state index contributed by atoms with van der Waals surface area (Å²) < 4.78 is 0. The molecule has 4 heteroatoms. The van der Waals surface area contributed by atoms with Gasteiger partial charge in [-0.05, 0) is 53.9 Å². The molecule has 0 saturated carbocycles. The first-order chi connectivity index (χ1) is 10.4. The van der Waals surface area contributed by atoms with Crippen molar-refractivity contribution in [2.75, 3.05) is 5.75 Å². The van der Waals surface area contributed by atoms with Crippen molar-refractivity contribution in [1.29, 1.82) is 0 Å². The lowest BCUT2D eigenvalue weighted by Gasteiger charge is -2.13. The molecule has 22 heavy (non-hydrogen) atoms. The number of carbonyl (C=O) groups is 1. The van der Waals surface area contributed by atoms with Gasteiger partial charge in [0.2, 0.25) is 5.78 Å². The van der Waals surface area contributed by atoms with Crippen molar-refractivity contribution in [3.05, 3.63) is 40.5 Å². The Morgan fingerprint density at radius 2 is 1.91 bits per heavy atom. The molecule has 0 aliphatic carbocycles. The van der Waals surface area contributed by atoms with Crippen LogP contribution < -0.4 is 0 Å². The fourth-order valence-corrected chi connectivity index (χ4v) is 3.04. The Hall–Kier alpha value is -1.38. The highest BCUT2D eigenvalue weighted by atomic mass is 32.2. The fourth-order valence-electron chi connectivity index (χ4n) is 1.88. The number of nitrogens with zero attached hydrogens (tertiary/aromatic N) is 2. The van der Waals surface area contributed by atoms with E-state index in [-0.39, 0.29) is 11.0 Å². The second kappa shape index (κ2) is 12.2. The van der Waals surface area contributed by atoms with Gasteiger partial charge in [0.05, 0.1) is 5.75 Å². The maximum Gasteiger partial charge on any atom is 0.324 e. The molecule has 1 unspecified atom stereocenters. The molecule has 1 atom stereocenters. The lowest BCUT2D eigenvalue weighted by Crippen LogP contribution is -2.09. The van der Waals surface area contributed by atoms with Gasteiger partial charge in [0.1, 0.15) is 0 Å². The minimum Gasteiger partial charge on any atom is -0.361 e. The number of thioether (sulfide) groups is 1. The van der Waals surface area contributed by atoms with E-state index < -0.39 is 0 Å². The molecule has 0 bridgehead atoms. The molecule has 0 fully saturated rings. The SMILES string of the molecule is CC=C(C)CC(C=C(C)CCC=C(C)C)SCC(=O)C=[N+]=[N-]. The average Bonchev–Trinajstić information content (AvgIpc) is 2.44. The summed E-state index contributed by atoms with van der Waals surface area (Å²) in [5.41, 5.74) is 12.4. The standard InChI is InChI=1S/C18H28N2OS/c1-6-15(4)10-18(22-13-17(21)12-20-19)11-16(5)9-7-8-14(2)3/h6,8,11-12,18H,7,9-10,13H2,1-5H3. The highest BCUT2D eigenvalue weighted by Gasteiger charge is 2.11. The van der Waals surface area contributed by atoms with Crippen molar-refractivity contribution in [2.24, 2.45) is 0 Å². The third-order valence-electron chi connectivity index (χ3n) is 3.22. The van der Waals surface area contributed by atoms with Crippen LogP contribution in [0.5, 0.6) is 0 Å². The highest BCUT2D eigenvalue weighted by molar-refractivity contribution is 8.00. The molecular weight excluding hydrogens is 292 g/mol. The summed E-state index contributed by atoms with van der Waals surface area (Å²) in [6.07, 6.45) is 10.6. The molecule has 0 aliphatic heterocycles. The number of allylic oxidation sites excluding steroid dienone is 5. The molecule has 0 spiro atoms. The summed E-state index contributed by atoms with van der Waals surface area (Å²) in [7, 11) is 0. The van der Waals surface area contributed by atoms with E-state index in [0.29, 0.717) is 5.75 Å². The van der Waals surface area contributed by atoms with E-state index in [1.54, 1.807) is 11.8 Å². The normalized spacial score (nSPS) is 13.3. The van der Waals surface area contributed by atoms with Gasteiger partial charge in [-0.3, -0.25) is 4.79 Å². The van der Waals surface area contributed by atoms with Crippen LogP contribution in [0.4, 0.5) is 0 Å². The Morgan fingerprint density at radius 1 is 1.23 bits per heavy atom. The minimum absolute atomic E-state index is 0.161. The Kier molecular flexibility index (Phi) is 11.4. The monoisotopic (exact) mass is 320 g/mol. The number of hydrogen-bond acceptors (Lipinski definition) is 2. The Balaban J connectivity index is 4.72. The van der Waals surface area contributed by atoms with Gasteiger partial charge in [-0.15, -0.1) is 11.8 Å².